The molecule has 1 N–H and O–H groups in total. The first-order valence-corrected chi connectivity index (χ1v) is 15.8. The van der Waals surface area contributed by atoms with E-state index in [1.165, 1.54) is 0 Å². The number of aliphatic hydroxyl groups is 1. The average molecular weight is 592 g/mol. The predicted molar refractivity (Wildman–Crippen MR) is 155 cm³/mol. The van der Waals surface area contributed by atoms with Crippen molar-refractivity contribution < 1.29 is 33.3 Å². The van der Waals surface area contributed by atoms with E-state index in [-0.39, 0.29) is 47.8 Å². The molecular formula is C34H41NO8. The number of aliphatic hydroxyl groups excluding tert-OH is 1. The zero-order valence-electron chi connectivity index (χ0n) is 25.3. The molecule has 9 heteroatoms. The predicted octanol–water partition coefficient (Wildman–Crippen LogP) is 5.24. The minimum absolute atomic E-state index is 0.0381. The summed E-state index contributed by atoms with van der Waals surface area (Å²) in [6, 6.07) is 5.26. The van der Waals surface area contributed by atoms with Crippen LogP contribution in [0.1, 0.15) is 84.3 Å². The van der Waals surface area contributed by atoms with E-state index < -0.39 is 40.2 Å². The SMILES string of the molecule is CC1CC2C(C)(COC(=O)C3CC3)C(OC(=O)C3CC3)CC[C@]2(C)C2C(O)c3c(cc(-c4cccnc4)oc3=O)O[C@]12C. The summed E-state index contributed by atoms with van der Waals surface area (Å²) in [4.78, 5) is 43.3. The highest BCUT2D eigenvalue weighted by molar-refractivity contribution is 5.75. The molecule has 6 unspecified atom stereocenters. The molecular weight excluding hydrogens is 550 g/mol. The van der Waals surface area contributed by atoms with Crippen molar-refractivity contribution in [1.29, 1.82) is 0 Å². The second-order valence-corrected chi connectivity index (χ2v) is 14.4. The number of fused-ring (bicyclic) bond motifs is 4. The summed E-state index contributed by atoms with van der Waals surface area (Å²) in [7, 11) is 0. The lowest BCUT2D eigenvalue weighted by atomic mass is 9.41. The van der Waals surface area contributed by atoms with Gasteiger partial charge in [-0.1, -0.05) is 20.8 Å². The second-order valence-electron chi connectivity index (χ2n) is 14.4. The van der Waals surface area contributed by atoms with Gasteiger partial charge in [0.15, 0.2) is 0 Å². The van der Waals surface area contributed by atoms with Crippen molar-refractivity contribution >= 4 is 11.9 Å². The van der Waals surface area contributed by atoms with Crippen LogP contribution in [0.15, 0.2) is 39.8 Å². The van der Waals surface area contributed by atoms with Gasteiger partial charge in [-0.05, 0) is 81.3 Å². The maximum atomic E-state index is 13.5. The second kappa shape index (κ2) is 9.91. The van der Waals surface area contributed by atoms with Crippen LogP contribution in [-0.2, 0) is 19.1 Å². The molecule has 2 aromatic heterocycles. The maximum Gasteiger partial charge on any atom is 0.345 e. The van der Waals surface area contributed by atoms with Crippen molar-refractivity contribution in [2.24, 2.45) is 40.4 Å². The molecule has 2 aromatic rings. The monoisotopic (exact) mass is 591 g/mol. The van der Waals surface area contributed by atoms with E-state index in [1.807, 2.05) is 13.0 Å². The highest BCUT2D eigenvalue weighted by atomic mass is 16.6. The van der Waals surface area contributed by atoms with Crippen LogP contribution in [0.4, 0.5) is 0 Å². The normalized spacial score (nSPS) is 38.1. The summed E-state index contributed by atoms with van der Waals surface area (Å²) in [5.41, 5.74) is -1.83. The Morgan fingerprint density at radius 2 is 1.81 bits per heavy atom. The Bertz CT molecular complexity index is 1500. The van der Waals surface area contributed by atoms with Crippen LogP contribution in [0, 0.1) is 40.4 Å². The molecule has 43 heavy (non-hydrogen) atoms. The van der Waals surface area contributed by atoms with Gasteiger partial charge in [0.1, 0.15) is 35.4 Å². The van der Waals surface area contributed by atoms with Gasteiger partial charge in [0.2, 0.25) is 0 Å². The lowest BCUT2D eigenvalue weighted by Gasteiger charge is -2.67. The molecule has 7 rings (SSSR count). The van der Waals surface area contributed by atoms with Gasteiger partial charge in [0.25, 0.3) is 0 Å². The highest BCUT2D eigenvalue weighted by Crippen LogP contribution is 2.68. The largest absolute Gasteiger partial charge is 0.486 e. The zero-order chi connectivity index (χ0) is 30.3. The molecule has 1 aliphatic heterocycles. The third-order valence-corrected chi connectivity index (χ3v) is 11.6. The van der Waals surface area contributed by atoms with Crippen molar-refractivity contribution in [2.75, 3.05) is 6.61 Å². The van der Waals surface area contributed by atoms with Crippen LogP contribution in [0.5, 0.6) is 5.75 Å². The fraction of sp³-hybridized carbons (Fsp3) is 0.647. The number of aromatic nitrogens is 1. The van der Waals surface area contributed by atoms with Crippen LogP contribution >= 0.6 is 0 Å². The standard InChI is InChI=1S/C34H41NO8/c1-18-14-24-32(2,12-11-25(42-30(38)20-9-10-20)33(24,3)17-40-29(37)19-7-8-19)28-27(36)26-23(43-34(18,28)4)15-22(41-31(26)39)21-6-5-13-35-16-21/h5-6,13,15-16,18-20,24-25,27-28,36H,7-12,14,17H2,1-4H3/t18?,24?,25?,27?,28?,32-,33?,34+/m0/s1. The van der Waals surface area contributed by atoms with Gasteiger partial charge in [0.05, 0.1) is 17.9 Å². The number of ether oxygens (including phenoxy) is 3. The highest BCUT2D eigenvalue weighted by Gasteiger charge is 2.69. The van der Waals surface area contributed by atoms with Gasteiger partial charge < -0.3 is 23.7 Å². The van der Waals surface area contributed by atoms with Gasteiger partial charge in [-0.2, -0.15) is 0 Å². The smallest absolute Gasteiger partial charge is 0.345 e. The third-order valence-electron chi connectivity index (χ3n) is 11.6. The first kappa shape index (κ1) is 28.6. The molecule has 0 radical (unpaired) electrons. The first-order chi connectivity index (χ1) is 20.5. The lowest BCUT2D eigenvalue weighted by Crippen LogP contribution is -2.69. The number of esters is 2. The van der Waals surface area contributed by atoms with Crippen molar-refractivity contribution in [2.45, 2.75) is 90.4 Å². The summed E-state index contributed by atoms with van der Waals surface area (Å²) < 4.78 is 24.6. The van der Waals surface area contributed by atoms with Crippen molar-refractivity contribution in [3.05, 3.63) is 46.6 Å². The van der Waals surface area contributed by atoms with E-state index >= 15 is 0 Å². The van der Waals surface area contributed by atoms with Crippen molar-refractivity contribution in [1.82, 2.24) is 4.98 Å². The summed E-state index contributed by atoms with van der Waals surface area (Å²) in [6.45, 7) is 8.54. The number of nitrogens with zero attached hydrogens (tertiary/aromatic N) is 1. The summed E-state index contributed by atoms with van der Waals surface area (Å²) in [5, 5.41) is 12.1. The Balaban J connectivity index is 1.27. The van der Waals surface area contributed by atoms with Gasteiger partial charge >= 0.3 is 17.6 Å². The maximum absolute atomic E-state index is 13.5. The van der Waals surface area contributed by atoms with E-state index in [4.69, 9.17) is 18.6 Å². The lowest BCUT2D eigenvalue weighted by molar-refractivity contribution is -0.254. The fourth-order valence-electron chi connectivity index (χ4n) is 8.71. The Hall–Kier alpha value is -3.20. The van der Waals surface area contributed by atoms with Crippen LogP contribution in [-0.4, -0.2) is 40.3 Å². The Labute approximate surface area is 251 Å². The quantitative estimate of drug-likeness (QED) is 0.449. The Kier molecular flexibility index (Phi) is 6.58. The number of hydrogen-bond acceptors (Lipinski definition) is 9. The minimum Gasteiger partial charge on any atom is -0.486 e. The number of carbonyl (C=O) groups is 2. The van der Waals surface area contributed by atoms with E-state index in [0.717, 1.165) is 32.1 Å². The molecule has 5 aliphatic rings. The van der Waals surface area contributed by atoms with Crippen LogP contribution in [0.2, 0.25) is 0 Å². The van der Waals surface area contributed by atoms with Crippen LogP contribution < -0.4 is 10.4 Å². The summed E-state index contributed by atoms with van der Waals surface area (Å²) in [6.07, 6.45) is 7.07. The van der Waals surface area contributed by atoms with E-state index in [9.17, 15) is 19.5 Å². The molecule has 4 aliphatic carbocycles. The van der Waals surface area contributed by atoms with Gasteiger partial charge in [-0.3, -0.25) is 14.6 Å². The third kappa shape index (κ3) is 4.52. The molecule has 9 nitrogen and oxygen atoms in total. The van der Waals surface area contributed by atoms with E-state index in [1.54, 1.807) is 24.5 Å². The number of pyridine rings is 1. The van der Waals surface area contributed by atoms with E-state index in [2.05, 4.69) is 25.8 Å². The molecule has 0 saturated heterocycles. The summed E-state index contributed by atoms with van der Waals surface area (Å²) in [5.74, 6) is -0.333. The molecule has 4 saturated carbocycles. The number of hydrogen-bond donors (Lipinski definition) is 1. The minimum atomic E-state index is -1.13. The Morgan fingerprint density at radius 1 is 1.09 bits per heavy atom. The summed E-state index contributed by atoms with van der Waals surface area (Å²) >= 11 is 0. The molecule has 8 atom stereocenters. The fourth-order valence-corrected chi connectivity index (χ4v) is 8.71. The first-order valence-electron chi connectivity index (χ1n) is 15.8. The van der Waals surface area contributed by atoms with Crippen LogP contribution in [0.25, 0.3) is 11.3 Å². The Morgan fingerprint density at radius 3 is 2.49 bits per heavy atom. The molecule has 4 fully saturated rings. The molecule has 0 aromatic carbocycles. The molecule has 0 spiro atoms. The van der Waals surface area contributed by atoms with E-state index in [0.29, 0.717) is 29.9 Å². The molecule has 230 valence electrons. The number of carbonyl (C=O) groups excluding carboxylic acids is 2. The average Bonchev–Trinajstić information content (AvgIpc) is 3.88. The van der Waals surface area contributed by atoms with Crippen LogP contribution in [0.3, 0.4) is 0 Å². The molecule has 0 amide bonds. The van der Waals surface area contributed by atoms with Gasteiger partial charge in [-0.15, -0.1) is 0 Å². The van der Waals surface area contributed by atoms with Gasteiger partial charge in [-0.25, -0.2) is 4.79 Å². The molecule has 3 heterocycles. The van der Waals surface area contributed by atoms with Crippen molar-refractivity contribution in [3.63, 3.8) is 0 Å². The molecule has 0 bridgehead atoms. The topological polar surface area (TPSA) is 125 Å². The zero-order valence-corrected chi connectivity index (χ0v) is 25.3. The van der Waals surface area contributed by atoms with Crippen molar-refractivity contribution in [3.8, 4) is 17.1 Å². The van der Waals surface area contributed by atoms with Gasteiger partial charge in [0, 0.05) is 35.4 Å². The number of rotatable bonds is 6.